The number of carbonyl (C=O) groups is 1. The fourth-order valence-corrected chi connectivity index (χ4v) is 2.62. The Morgan fingerprint density at radius 1 is 1.53 bits per heavy atom. The molecular weight excluding hydrogens is 242 g/mol. The van der Waals surface area contributed by atoms with Gasteiger partial charge in [0.1, 0.15) is 11.4 Å². The molecule has 1 unspecified atom stereocenters. The van der Waals surface area contributed by atoms with E-state index in [1.54, 1.807) is 14.0 Å². The lowest BCUT2D eigenvalue weighted by Gasteiger charge is -2.34. The van der Waals surface area contributed by atoms with Crippen molar-refractivity contribution in [2.24, 2.45) is 0 Å². The van der Waals surface area contributed by atoms with Gasteiger partial charge in [-0.25, -0.2) is 0 Å². The Kier molecular flexibility index (Phi) is 4.10. The number of hydrogen-bond donors (Lipinski definition) is 2. The molecule has 19 heavy (non-hydrogen) atoms. The van der Waals surface area contributed by atoms with E-state index in [4.69, 9.17) is 4.74 Å². The number of rotatable bonds is 4. The molecule has 0 aliphatic heterocycles. The van der Waals surface area contributed by atoms with Gasteiger partial charge in [-0.05, 0) is 42.5 Å². The van der Waals surface area contributed by atoms with Gasteiger partial charge >= 0.3 is 0 Å². The smallest absolute Gasteiger partial charge is 0.219 e. The zero-order valence-corrected chi connectivity index (χ0v) is 11.5. The lowest BCUT2D eigenvalue weighted by Crippen LogP contribution is -2.42. The van der Waals surface area contributed by atoms with Crippen molar-refractivity contribution in [3.05, 3.63) is 29.3 Å². The van der Waals surface area contributed by atoms with Crippen molar-refractivity contribution in [1.82, 2.24) is 5.32 Å². The van der Waals surface area contributed by atoms with E-state index in [-0.39, 0.29) is 12.5 Å². The molecule has 4 nitrogen and oxygen atoms in total. The van der Waals surface area contributed by atoms with E-state index in [2.05, 4.69) is 5.32 Å². The molecule has 1 aliphatic rings. The number of ether oxygens (including phenoxy) is 1. The van der Waals surface area contributed by atoms with Crippen LogP contribution in [0.5, 0.6) is 5.75 Å². The van der Waals surface area contributed by atoms with Crippen LogP contribution in [0.3, 0.4) is 0 Å². The van der Waals surface area contributed by atoms with Crippen LogP contribution in [-0.4, -0.2) is 24.7 Å². The van der Waals surface area contributed by atoms with Gasteiger partial charge in [0.15, 0.2) is 0 Å². The molecule has 1 aromatic rings. The van der Waals surface area contributed by atoms with Crippen molar-refractivity contribution < 1.29 is 14.6 Å². The summed E-state index contributed by atoms with van der Waals surface area (Å²) in [6, 6.07) is 5.74. The van der Waals surface area contributed by atoms with Crippen LogP contribution < -0.4 is 10.1 Å². The Morgan fingerprint density at radius 3 is 3.00 bits per heavy atom. The largest absolute Gasteiger partial charge is 0.497 e. The monoisotopic (exact) mass is 263 g/mol. The SMILES string of the molecule is CCC(=O)NCC1(O)CCCc2cc(OC)ccc21. The number of fused-ring (bicyclic) bond motifs is 1. The van der Waals surface area contributed by atoms with Crippen molar-refractivity contribution >= 4 is 5.91 Å². The maximum Gasteiger partial charge on any atom is 0.219 e. The second kappa shape index (κ2) is 5.61. The maximum absolute atomic E-state index is 11.4. The molecule has 104 valence electrons. The lowest BCUT2D eigenvalue weighted by molar-refractivity contribution is -0.122. The first-order valence-electron chi connectivity index (χ1n) is 6.75. The summed E-state index contributed by atoms with van der Waals surface area (Å²) >= 11 is 0. The Labute approximate surface area is 113 Å². The van der Waals surface area contributed by atoms with Gasteiger partial charge in [-0.1, -0.05) is 13.0 Å². The second-order valence-corrected chi connectivity index (χ2v) is 5.04. The molecule has 0 fully saturated rings. The predicted molar refractivity (Wildman–Crippen MR) is 73.1 cm³/mol. The zero-order chi connectivity index (χ0) is 13.9. The summed E-state index contributed by atoms with van der Waals surface area (Å²) in [5.74, 6) is 0.773. The van der Waals surface area contributed by atoms with Gasteiger partial charge in [0.25, 0.3) is 0 Å². The Hall–Kier alpha value is -1.55. The Bertz CT molecular complexity index is 472. The molecule has 2 rings (SSSR count). The first kappa shape index (κ1) is 13.9. The highest BCUT2D eigenvalue weighted by atomic mass is 16.5. The van der Waals surface area contributed by atoms with Crippen LogP contribution in [0.2, 0.25) is 0 Å². The number of aliphatic hydroxyl groups is 1. The average molecular weight is 263 g/mol. The quantitative estimate of drug-likeness (QED) is 0.870. The van der Waals surface area contributed by atoms with E-state index in [9.17, 15) is 9.90 Å². The van der Waals surface area contributed by atoms with Gasteiger partial charge in [-0.2, -0.15) is 0 Å². The fraction of sp³-hybridized carbons (Fsp3) is 0.533. The normalized spacial score (nSPS) is 21.6. The molecule has 0 saturated heterocycles. The molecule has 0 spiro atoms. The zero-order valence-electron chi connectivity index (χ0n) is 11.5. The Morgan fingerprint density at radius 2 is 2.32 bits per heavy atom. The first-order valence-corrected chi connectivity index (χ1v) is 6.75. The van der Waals surface area contributed by atoms with Crippen LogP contribution in [0, 0.1) is 0 Å². The molecule has 1 atom stereocenters. The van der Waals surface area contributed by atoms with Gasteiger partial charge in [-0.3, -0.25) is 4.79 Å². The standard InChI is InChI=1S/C15H21NO3/c1-3-14(17)16-10-15(18)8-4-5-11-9-12(19-2)6-7-13(11)15/h6-7,9,18H,3-5,8,10H2,1-2H3,(H,16,17). The number of carbonyl (C=O) groups excluding carboxylic acids is 1. The van der Waals surface area contributed by atoms with E-state index < -0.39 is 5.60 Å². The minimum Gasteiger partial charge on any atom is -0.497 e. The number of nitrogens with one attached hydrogen (secondary N) is 1. The summed E-state index contributed by atoms with van der Waals surface area (Å²) in [5.41, 5.74) is 1.07. The van der Waals surface area contributed by atoms with Gasteiger partial charge in [0.05, 0.1) is 13.7 Å². The van der Waals surface area contributed by atoms with Crippen molar-refractivity contribution in [2.75, 3.05) is 13.7 Å². The molecule has 0 bridgehead atoms. The molecule has 1 aliphatic carbocycles. The van der Waals surface area contributed by atoms with Crippen LogP contribution in [0.4, 0.5) is 0 Å². The summed E-state index contributed by atoms with van der Waals surface area (Å²) in [5, 5.41) is 13.6. The Balaban J connectivity index is 2.22. The highest BCUT2D eigenvalue weighted by molar-refractivity contribution is 5.75. The van der Waals surface area contributed by atoms with Crippen molar-refractivity contribution in [2.45, 2.75) is 38.2 Å². The van der Waals surface area contributed by atoms with Gasteiger partial charge < -0.3 is 15.2 Å². The molecule has 0 aromatic heterocycles. The van der Waals surface area contributed by atoms with Crippen molar-refractivity contribution in [1.29, 1.82) is 0 Å². The van der Waals surface area contributed by atoms with Crippen LogP contribution >= 0.6 is 0 Å². The summed E-state index contributed by atoms with van der Waals surface area (Å²) < 4.78 is 5.21. The van der Waals surface area contributed by atoms with Gasteiger partial charge in [0, 0.05) is 6.42 Å². The minimum atomic E-state index is -0.954. The van der Waals surface area contributed by atoms with E-state index in [1.165, 1.54) is 0 Å². The molecule has 0 heterocycles. The second-order valence-electron chi connectivity index (χ2n) is 5.04. The molecule has 0 saturated carbocycles. The predicted octanol–water partition coefficient (Wildman–Crippen LogP) is 1.75. The minimum absolute atomic E-state index is 0.0333. The van der Waals surface area contributed by atoms with Crippen LogP contribution in [0.25, 0.3) is 0 Å². The fourth-order valence-electron chi connectivity index (χ4n) is 2.62. The number of hydrogen-bond acceptors (Lipinski definition) is 3. The first-order chi connectivity index (χ1) is 9.09. The van der Waals surface area contributed by atoms with E-state index >= 15 is 0 Å². The molecule has 2 N–H and O–H groups in total. The average Bonchev–Trinajstić information content (AvgIpc) is 2.44. The molecule has 0 radical (unpaired) electrons. The highest BCUT2D eigenvalue weighted by Gasteiger charge is 2.34. The number of benzene rings is 1. The lowest BCUT2D eigenvalue weighted by atomic mass is 9.79. The third-order valence-electron chi connectivity index (χ3n) is 3.75. The van der Waals surface area contributed by atoms with Gasteiger partial charge in [-0.15, -0.1) is 0 Å². The summed E-state index contributed by atoms with van der Waals surface area (Å²) in [6.45, 7) is 2.08. The summed E-state index contributed by atoms with van der Waals surface area (Å²) in [4.78, 5) is 11.4. The summed E-state index contributed by atoms with van der Waals surface area (Å²) in [7, 11) is 1.64. The van der Waals surface area contributed by atoms with Crippen LogP contribution in [-0.2, 0) is 16.8 Å². The molecule has 1 amide bonds. The van der Waals surface area contributed by atoms with E-state index in [0.717, 1.165) is 29.7 Å². The third-order valence-corrected chi connectivity index (χ3v) is 3.75. The topological polar surface area (TPSA) is 58.6 Å². The molecule has 4 heteroatoms. The third kappa shape index (κ3) is 2.89. The van der Waals surface area contributed by atoms with E-state index in [0.29, 0.717) is 12.8 Å². The number of methoxy groups -OCH3 is 1. The number of aryl methyl sites for hydroxylation is 1. The van der Waals surface area contributed by atoms with Crippen molar-refractivity contribution in [3.63, 3.8) is 0 Å². The highest BCUT2D eigenvalue weighted by Crippen LogP contribution is 2.36. The van der Waals surface area contributed by atoms with E-state index in [1.807, 2.05) is 18.2 Å². The maximum atomic E-state index is 11.4. The van der Waals surface area contributed by atoms with Crippen LogP contribution in [0.15, 0.2) is 18.2 Å². The van der Waals surface area contributed by atoms with Crippen LogP contribution in [0.1, 0.15) is 37.3 Å². The molecular formula is C15H21NO3. The number of amides is 1. The van der Waals surface area contributed by atoms with Gasteiger partial charge in [0.2, 0.25) is 5.91 Å². The molecule has 1 aromatic carbocycles. The summed E-state index contributed by atoms with van der Waals surface area (Å²) in [6.07, 6.45) is 2.97. The van der Waals surface area contributed by atoms with Crippen molar-refractivity contribution in [3.8, 4) is 5.75 Å².